The predicted octanol–water partition coefficient (Wildman–Crippen LogP) is 1.80. The summed E-state index contributed by atoms with van der Waals surface area (Å²) in [5, 5.41) is 21.1. The van der Waals surface area contributed by atoms with Crippen molar-refractivity contribution in [3.63, 3.8) is 0 Å². The van der Waals surface area contributed by atoms with E-state index < -0.39 is 36.7 Å². The van der Waals surface area contributed by atoms with Gasteiger partial charge in [-0.15, -0.1) is 0 Å². The third-order valence-corrected chi connectivity index (χ3v) is 4.62. The normalized spacial score (nSPS) is 26.8. The predicted molar refractivity (Wildman–Crippen MR) is 104 cm³/mol. The van der Waals surface area contributed by atoms with E-state index in [0.717, 1.165) is 11.1 Å². The number of aliphatic hydroxyl groups is 2. The summed E-state index contributed by atoms with van der Waals surface area (Å²) in [6.07, 6.45) is -5.53. The van der Waals surface area contributed by atoms with Gasteiger partial charge in [0, 0.05) is 6.92 Å². The molecule has 1 fully saturated rings. The number of esters is 1. The van der Waals surface area contributed by atoms with E-state index >= 15 is 0 Å². The molecule has 0 unspecified atom stereocenters. The molecule has 0 aliphatic carbocycles. The molecule has 0 bridgehead atoms. The lowest BCUT2D eigenvalue weighted by molar-refractivity contribution is -0.301. The number of carbonyl (C=O) groups is 1. The number of hydrogen-bond acceptors (Lipinski definition) is 7. The van der Waals surface area contributed by atoms with Gasteiger partial charge in [-0.2, -0.15) is 0 Å². The molecular formula is C22H26O7. The molecule has 29 heavy (non-hydrogen) atoms. The highest BCUT2D eigenvalue weighted by Crippen LogP contribution is 2.26. The molecule has 0 saturated carbocycles. The largest absolute Gasteiger partial charge is 0.454 e. The van der Waals surface area contributed by atoms with Crippen LogP contribution in [0.15, 0.2) is 60.7 Å². The van der Waals surface area contributed by atoms with E-state index in [2.05, 4.69) is 0 Å². The van der Waals surface area contributed by atoms with Gasteiger partial charge in [-0.3, -0.25) is 4.79 Å². The van der Waals surface area contributed by atoms with Gasteiger partial charge in [-0.1, -0.05) is 60.7 Å². The number of benzene rings is 2. The van der Waals surface area contributed by atoms with Crippen LogP contribution in [0.1, 0.15) is 18.1 Å². The molecule has 3 rings (SSSR count). The Morgan fingerprint density at radius 3 is 2.10 bits per heavy atom. The molecule has 0 aromatic heterocycles. The quantitative estimate of drug-likeness (QED) is 0.650. The smallest absolute Gasteiger partial charge is 0.303 e. The summed E-state index contributed by atoms with van der Waals surface area (Å²) in [6.45, 7) is 1.80. The highest BCUT2D eigenvalue weighted by Gasteiger charge is 2.47. The standard InChI is InChI=1S/C22H26O7/c1-15(23)28-21-20(27-13-17-10-6-3-7-11-17)19(24)18(29-22(21)25)14-26-12-16-8-4-2-5-9-16/h2-11,18-22,24-25H,12-14H2,1H3/t18-,19-,20+,21-,22-/m1/s1. The Labute approximate surface area is 169 Å². The van der Waals surface area contributed by atoms with E-state index in [1.165, 1.54) is 6.92 Å². The van der Waals surface area contributed by atoms with Crippen molar-refractivity contribution in [2.45, 2.75) is 50.8 Å². The second-order valence-corrected chi connectivity index (χ2v) is 6.89. The monoisotopic (exact) mass is 402 g/mol. The summed E-state index contributed by atoms with van der Waals surface area (Å²) in [7, 11) is 0. The Hall–Kier alpha value is -2.29. The summed E-state index contributed by atoms with van der Waals surface area (Å²) >= 11 is 0. The molecule has 1 heterocycles. The highest BCUT2D eigenvalue weighted by atomic mass is 16.7. The van der Waals surface area contributed by atoms with Crippen molar-refractivity contribution >= 4 is 5.97 Å². The lowest BCUT2D eigenvalue weighted by Gasteiger charge is -2.41. The lowest BCUT2D eigenvalue weighted by Crippen LogP contribution is -2.60. The van der Waals surface area contributed by atoms with Crippen molar-refractivity contribution < 1.29 is 34.0 Å². The van der Waals surface area contributed by atoms with E-state index in [1.54, 1.807) is 0 Å². The van der Waals surface area contributed by atoms with Crippen LogP contribution in [0.2, 0.25) is 0 Å². The van der Waals surface area contributed by atoms with Gasteiger partial charge < -0.3 is 29.2 Å². The first-order chi connectivity index (χ1) is 14.0. The fourth-order valence-corrected chi connectivity index (χ4v) is 3.19. The Morgan fingerprint density at radius 1 is 0.931 bits per heavy atom. The van der Waals surface area contributed by atoms with Crippen molar-refractivity contribution in [1.29, 1.82) is 0 Å². The van der Waals surface area contributed by atoms with Crippen LogP contribution in [0.5, 0.6) is 0 Å². The third kappa shape index (κ3) is 6.09. The maximum absolute atomic E-state index is 11.4. The summed E-state index contributed by atoms with van der Waals surface area (Å²) < 4.78 is 22.1. The first-order valence-corrected chi connectivity index (χ1v) is 9.50. The summed E-state index contributed by atoms with van der Waals surface area (Å²) in [5.74, 6) is -0.600. The first kappa shape index (κ1) is 21.4. The summed E-state index contributed by atoms with van der Waals surface area (Å²) in [5.41, 5.74) is 1.87. The fraction of sp³-hybridized carbons (Fsp3) is 0.409. The van der Waals surface area contributed by atoms with Crippen molar-refractivity contribution in [1.82, 2.24) is 0 Å². The average molecular weight is 402 g/mol. The molecule has 0 amide bonds. The minimum Gasteiger partial charge on any atom is -0.454 e. The molecule has 1 aliphatic heterocycles. The Balaban J connectivity index is 1.64. The van der Waals surface area contributed by atoms with Gasteiger partial charge in [0.15, 0.2) is 12.4 Å². The van der Waals surface area contributed by atoms with Crippen molar-refractivity contribution in [2.24, 2.45) is 0 Å². The van der Waals surface area contributed by atoms with Crippen LogP contribution in [-0.4, -0.2) is 53.5 Å². The van der Waals surface area contributed by atoms with E-state index in [9.17, 15) is 15.0 Å². The maximum atomic E-state index is 11.4. The van der Waals surface area contributed by atoms with Gasteiger partial charge in [-0.05, 0) is 11.1 Å². The molecule has 7 nitrogen and oxygen atoms in total. The molecule has 7 heteroatoms. The van der Waals surface area contributed by atoms with Gasteiger partial charge in [0.1, 0.15) is 18.3 Å². The summed E-state index contributed by atoms with van der Waals surface area (Å²) in [4.78, 5) is 11.4. The van der Waals surface area contributed by atoms with Crippen LogP contribution in [0.4, 0.5) is 0 Å². The first-order valence-electron chi connectivity index (χ1n) is 9.50. The zero-order valence-corrected chi connectivity index (χ0v) is 16.2. The third-order valence-electron chi connectivity index (χ3n) is 4.62. The van der Waals surface area contributed by atoms with E-state index in [4.69, 9.17) is 18.9 Å². The van der Waals surface area contributed by atoms with Crippen LogP contribution in [-0.2, 0) is 37.0 Å². The van der Waals surface area contributed by atoms with Crippen LogP contribution >= 0.6 is 0 Å². The van der Waals surface area contributed by atoms with Crippen LogP contribution in [0.3, 0.4) is 0 Å². The molecule has 1 aliphatic rings. The van der Waals surface area contributed by atoms with Crippen molar-refractivity contribution in [3.8, 4) is 0 Å². The number of carbonyl (C=O) groups excluding carboxylic acids is 1. The van der Waals surface area contributed by atoms with Gasteiger partial charge in [0.25, 0.3) is 0 Å². The van der Waals surface area contributed by atoms with E-state index in [0.29, 0.717) is 6.61 Å². The minimum absolute atomic E-state index is 0.0467. The molecule has 2 aromatic carbocycles. The molecule has 1 saturated heterocycles. The average Bonchev–Trinajstić information content (AvgIpc) is 2.72. The van der Waals surface area contributed by atoms with Crippen LogP contribution < -0.4 is 0 Å². The van der Waals surface area contributed by atoms with E-state index in [1.807, 2.05) is 60.7 Å². The van der Waals surface area contributed by atoms with Gasteiger partial charge in [-0.25, -0.2) is 0 Å². The molecule has 156 valence electrons. The Bertz CT molecular complexity index is 752. The van der Waals surface area contributed by atoms with Gasteiger partial charge >= 0.3 is 5.97 Å². The van der Waals surface area contributed by atoms with Gasteiger partial charge in [0.2, 0.25) is 0 Å². The molecule has 0 spiro atoms. The SMILES string of the molecule is CC(=O)O[C@@H]1[C@@H](OCc2ccccc2)[C@H](O)[C@@H](COCc2ccccc2)O[C@H]1O. The van der Waals surface area contributed by atoms with Crippen molar-refractivity contribution in [2.75, 3.05) is 6.61 Å². The second kappa shape index (κ2) is 10.5. The van der Waals surface area contributed by atoms with Crippen LogP contribution in [0, 0.1) is 0 Å². The molecular weight excluding hydrogens is 376 g/mol. The molecule has 2 N–H and O–H groups in total. The Kier molecular flexibility index (Phi) is 7.74. The fourth-order valence-electron chi connectivity index (χ4n) is 3.19. The van der Waals surface area contributed by atoms with Gasteiger partial charge in [0.05, 0.1) is 19.8 Å². The topological polar surface area (TPSA) is 94.5 Å². The number of ether oxygens (including phenoxy) is 4. The minimum atomic E-state index is -1.44. The maximum Gasteiger partial charge on any atom is 0.303 e. The zero-order chi connectivity index (χ0) is 20.6. The van der Waals surface area contributed by atoms with E-state index in [-0.39, 0.29) is 13.2 Å². The number of hydrogen-bond donors (Lipinski definition) is 2. The van der Waals surface area contributed by atoms with Crippen molar-refractivity contribution in [3.05, 3.63) is 71.8 Å². The number of aliphatic hydroxyl groups excluding tert-OH is 2. The lowest BCUT2D eigenvalue weighted by atomic mass is 9.98. The molecule has 5 atom stereocenters. The molecule has 0 radical (unpaired) electrons. The zero-order valence-electron chi connectivity index (χ0n) is 16.2. The van der Waals surface area contributed by atoms with Crippen LogP contribution in [0.25, 0.3) is 0 Å². The highest BCUT2D eigenvalue weighted by molar-refractivity contribution is 5.66. The molecule has 2 aromatic rings. The second-order valence-electron chi connectivity index (χ2n) is 6.89. The number of rotatable bonds is 8. The summed E-state index contributed by atoms with van der Waals surface area (Å²) in [6, 6.07) is 19.0. The Morgan fingerprint density at radius 2 is 1.52 bits per heavy atom.